The van der Waals surface area contributed by atoms with Crippen LogP contribution in [0.25, 0.3) is 0 Å². The van der Waals surface area contributed by atoms with Crippen molar-refractivity contribution >= 4 is 11.9 Å². The normalized spacial score (nSPS) is 20.6. The van der Waals surface area contributed by atoms with Crippen LogP contribution in [0.5, 0.6) is 0 Å². The van der Waals surface area contributed by atoms with Crippen molar-refractivity contribution in [3.8, 4) is 0 Å². The number of amides is 1. The van der Waals surface area contributed by atoms with E-state index in [1.165, 1.54) is 0 Å². The third-order valence-corrected chi connectivity index (χ3v) is 3.29. The summed E-state index contributed by atoms with van der Waals surface area (Å²) < 4.78 is 0. The molecule has 98 valence electrons. The van der Waals surface area contributed by atoms with Gasteiger partial charge in [0.25, 0.3) is 0 Å². The Bertz CT molecular complexity index is 276. The molecule has 4 heteroatoms. The molecule has 4 nitrogen and oxygen atoms in total. The molecule has 1 aliphatic heterocycles. The summed E-state index contributed by atoms with van der Waals surface area (Å²) in [5.41, 5.74) is 0. The van der Waals surface area contributed by atoms with Crippen molar-refractivity contribution in [2.24, 2.45) is 5.92 Å². The molecule has 1 unspecified atom stereocenters. The maximum atomic E-state index is 12.0. The number of carboxylic acid groups (broad SMARTS) is 1. The van der Waals surface area contributed by atoms with Gasteiger partial charge in [-0.1, -0.05) is 13.8 Å². The first-order valence-corrected chi connectivity index (χ1v) is 6.52. The molecule has 1 rings (SSSR count). The van der Waals surface area contributed by atoms with Gasteiger partial charge in [-0.2, -0.15) is 0 Å². The van der Waals surface area contributed by atoms with Gasteiger partial charge in [-0.3, -0.25) is 9.59 Å². The van der Waals surface area contributed by atoms with Gasteiger partial charge in [0.2, 0.25) is 5.91 Å². The van der Waals surface area contributed by atoms with Crippen LogP contribution in [0.2, 0.25) is 0 Å². The molecule has 0 bridgehead atoms. The largest absolute Gasteiger partial charge is 0.481 e. The molecule has 1 fully saturated rings. The van der Waals surface area contributed by atoms with Crippen LogP contribution in [-0.4, -0.2) is 34.5 Å². The lowest BCUT2D eigenvalue weighted by molar-refractivity contribution is -0.142. The van der Waals surface area contributed by atoms with Crippen molar-refractivity contribution in [2.45, 2.75) is 58.4 Å². The number of rotatable bonds is 5. The molecule has 1 heterocycles. The minimum absolute atomic E-state index is 0.0825. The maximum absolute atomic E-state index is 12.0. The second kappa shape index (κ2) is 6.62. The van der Waals surface area contributed by atoms with E-state index in [0.29, 0.717) is 12.3 Å². The van der Waals surface area contributed by atoms with Gasteiger partial charge in [0, 0.05) is 19.0 Å². The van der Waals surface area contributed by atoms with Crippen molar-refractivity contribution in [3.63, 3.8) is 0 Å². The van der Waals surface area contributed by atoms with Crippen LogP contribution in [0.15, 0.2) is 0 Å². The molecule has 1 N–H and O–H groups in total. The van der Waals surface area contributed by atoms with Gasteiger partial charge >= 0.3 is 5.97 Å². The van der Waals surface area contributed by atoms with Gasteiger partial charge in [0.1, 0.15) is 0 Å². The number of hydrogen-bond acceptors (Lipinski definition) is 2. The first-order chi connectivity index (χ1) is 8.00. The summed E-state index contributed by atoms with van der Waals surface area (Å²) in [6, 6.07) is -0.0825. The number of nitrogens with zero attached hydrogens (tertiary/aromatic N) is 1. The summed E-state index contributed by atoms with van der Waals surface area (Å²) in [4.78, 5) is 24.6. The van der Waals surface area contributed by atoms with Gasteiger partial charge < -0.3 is 10.0 Å². The quantitative estimate of drug-likeness (QED) is 0.803. The number of aliphatic carboxylic acids is 1. The van der Waals surface area contributed by atoms with E-state index in [4.69, 9.17) is 5.11 Å². The van der Waals surface area contributed by atoms with E-state index in [9.17, 15) is 9.59 Å². The molecule has 17 heavy (non-hydrogen) atoms. The SMILES string of the molecule is CC(C)CCC(=O)N1CCCCC1CC(=O)O. The van der Waals surface area contributed by atoms with Crippen LogP contribution in [0.1, 0.15) is 52.4 Å². The minimum atomic E-state index is -0.807. The van der Waals surface area contributed by atoms with Crippen LogP contribution in [0, 0.1) is 5.92 Å². The fourth-order valence-corrected chi connectivity index (χ4v) is 2.30. The Morgan fingerprint density at radius 1 is 1.35 bits per heavy atom. The number of piperidine rings is 1. The van der Waals surface area contributed by atoms with E-state index in [0.717, 1.165) is 32.2 Å². The molecular weight excluding hydrogens is 218 g/mol. The number of likely N-dealkylation sites (tertiary alicyclic amines) is 1. The molecule has 0 aromatic carbocycles. The highest BCUT2D eigenvalue weighted by Gasteiger charge is 2.27. The fourth-order valence-electron chi connectivity index (χ4n) is 2.30. The number of hydrogen-bond donors (Lipinski definition) is 1. The van der Waals surface area contributed by atoms with Gasteiger partial charge in [0.05, 0.1) is 6.42 Å². The average Bonchev–Trinajstić information content (AvgIpc) is 2.25. The molecule has 0 saturated carbocycles. The monoisotopic (exact) mass is 241 g/mol. The lowest BCUT2D eigenvalue weighted by Gasteiger charge is -2.35. The average molecular weight is 241 g/mol. The van der Waals surface area contributed by atoms with Gasteiger partial charge in [-0.25, -0.2) is 0 Å². The molecule has 0 aromatic heterocycles. The zero-order valence-corrected chi connectivity index (χ0v) is 10.8. The maximum Gasteiger partial charge on any atom is 0.305 e. The molecule has 0 spiro atoms. The van der Waals surface area contributed by atoms with E-state index in [1.54, 1.807) is 4.90 Å². The Hall–Kier alpha value is -1.06. The van der Waals surface area contributed by atoms with Gasteiger partial charge in [-0.05, 0) is 31.6 Å². The molecule has 0 aliphatic carbocycles. The predicted octanol–water partition coefficient (Wildman–Crippen LogP) is 2.28. The Balaban J connectivity index is 2.51. The first kappa shape index (κ1) is 14.0. The first-order valence-electron chi connectivity index (χ1n) is 6.52. The lowest BCUT2D eigenvalue weighted by atomic mass is 9.98. The van der Waals surface area contributed by atoms with Crippen LogP contribution in [0.3, 0.4) is 0 Å². The Labute approximate surface area is 103 Å². The van der Waals surface area contributed by atoms with Crippen molar-refractivity contribution in [1.82, 2.24) is 4.90 Å². The Morgan fingerprint density at radius 3 is 2.65 bits per heavy atom. The summed E-state index contributed by atoms with van der Waals surface area (Å²) in [7, 11) is 0. The van der Waals surface area contributed by atoms with E-state index in [2.05, 4.69) is 13.8 Å². The van der Waals surface area contributed by atoms with Crippen LogP contribution < -0.4 is 0 Å². The van der Waals surface area contributed by atoms with Crippen LogP contribution >= 0.6 is 0 Å². The summed E-state index contributed by atoms with van der Waals surface area (Å²) in [6.07, 6.45) is 4.39. The van der Waals surface area contributed by atoms with Crippen LogP contribution in [0.4, 0.5) is 0 Å². The Morgan fingerprint density at radius 2 is 2.06 bits per heavy atom. The molecule has 0 aromatic rings. The number of carboxylic acids is 1. The molecule has 1 saturated heterocycles. The molecular formula is C13H23NO3. The van der Waals surface area contributed by atoms with Crippen molar-refractivity contribution in [2.75, 3.05) is 6.54 Å². The van der Waals surface area contributed by atoms with E-state index in [-0.39, 0.29) is 18.4 Å². The summed E-state index contributed by atoms with van der Waals surface area (Å²) in [5, 5.41) is 8.85. The smallest absolute Gasteiger partial charge is 0.305 e. The molecule has 1 atom stereocenters. The lowest BCUT2D eigenvalue weighted by Crippen LogP contribution is -2.44. The number of carbonyl (C=O) groups excluding carboxylic acids is 1. The summed E-state index contributed by atoms with van der Waals surface area (Å²) >= 11 is 0. The molecule has 1 aliphatic rings. The minimum Gasteiger partial charge on any atom is -0.481 e. The van der Waals surface area contributed by atoms with Crippen molar-refractivity contribution in [1.29, 1.82) is 0 Å². The zero-order chi connectivity index (χ0) is 12.8. The van der Waals surface area contributed by atoms with E-state index >= 15 is 0 Å². The molecule has 1 amide bonds. The topological polar surface area (TPSA) is 57.6 Å². The highest BCUT2D eigenvalue weighted by Crippen LogP contribution is 2.21. The zero-order valence-electron chi connectivity index (χ0n) is 10.8. The van der Waals surface area contributed by atoms with E-state index in [1.807, 2.05) is 0 Å². The number of carbonyl (C=O) groups is 2. The van der Waals surface area contributed by atoms with Gasteiger partial charge in [-0.15, -0.1) is 0 Å². The highest BCUT2D eigenvalue weighted by molar-refractivity contribution is 5.77. The van der Waals surface area contributed by atoms with E-state index < -0.39 is 5.97 Å². The summed E-state index contributed by atoms with van der Waals surface area (Å²) in [5.74, 6) is -0.162. The second-order valence-corrected chi connectivity index (χ2v) is 5.27. The summed E-state index contributed by atoms with van der Waals surface area (Å²) in [6.45, 7) is 4.92. The third-order valence-electron chi connectivity index (χ3n) is 3.29. The third kappa shape index (κ3) is 4.75. The van der Waals surface area contributed by atoms with Crippen molar-refractivity contribution < 1.29 is 14.7 Å². The standard InChI is InChI=1S/C13H23NO3/c1-10(2)6-7-12(15)14-8-4-3-5-11(14)9-13(16)17/h10-11H,3-9H2,1-2H3,(H,16,17). The Kier molecular flexibility index (Phi) is 5.45. The fraction of sp³-hybridized carbons (Fsp3) is 0.846. The van der Waals surface area contributed by atoms with Crippen molar-refractivity contribution in [3.05, 3.63) is 0 Å². The second-order valence-electron chi connectivity index (χ2n) is 5.27. The highest BCUT2D eigenvalue weighted by atomic mass is 16.4. The van der Waals surface area contributed by atoms with Gasteiger partial charge in [0.15, 0.2) is 0 Å². The molecule has 0 radical (unpaired) electrons. The predicted molar refractivity (Wildman–Crippen MR) is 65.7 cm³/mol. The van der Waals surface area contributed by atoms with Crippen LogP contribution in [-0.2, 0) is 9.59 Å².